The zero-order valence-electron chi connectivity index (χ0n) is 18.0. The summed E-state index contributed by atoms with van der Waals surface area (Å²) in [6, 6.07) is 13.9. The summed E-state index contributed by atoms with van der Waals surface area (Å²) < 4.78 is 28.2. The monoisotopic (exact) mass is 570 g/mol. The number of hydrogen-bond acceptors (Lipinski definition) is 4. The summed E-state index contributed by atoms with van der Waals surface area (Å²) in [5.41, 5.74) is 6.23. The van der Waals surface area contributed by atoms with E-state index < -0.39 is 22.5 Å². The third-order valence-electron chi connectivity index (χ3n) is 4.83. The van der Waals surface area contributed by atoms with Gasteiger partial charge >= 0.3 is 0 Å². The Kier molecular flexibility index (Phi) is 7.89. The van der Waals surface area contributed by atoms with E-state index in [0.29, 0.717) is 15.7 Å². The van der Waals surface area contributed by atoms with Gasteiger partial charge in [0.25, 0.3) is 5.91 Å². The predicted octanol–water partition coefficient (Wildman–Crippen LogP) is 5.08. The Balaban J connectivity index is 1.75. The number of aromatic nitrogens is 1. The quantitative estimate of drug-likeness (QED) is 0.317. The molecule has 1 amide bonds. The molecule has 3 rings (SSSR count). The third kappa shape index (κ3) is 6.17. The van der Waals surface area contributed by atoms with Crippen LogP contribution in [0.25, 0.3) is 5.69 Å². The van der Waals surface area contributed by atoms with Gasteiger partial charge in [0.15, 0.2) is 0 Å². The summed E-state index contributed by atoms with van der Waals surface area (Å²) in [6.07, 6.45) is 2.56. The largest absolute Gasteiger partial charge is 0.318 e. The van der Waals surface area contributed by atoms with Crippen molar-refractivity contribution in [3.05, 3.63) is 80.0 Å². The summed E-state index contributed by atoms with van der Waals surface area (Å²) in [6.45, 7) is 3.45. The molecular weight excluding hydrogens is 551 g/mol. The summed E-state index contributed by atoms with van der Waals surface area (Å²) in [5.74, 6) is -0.571. The number of rotatable bonds is 7. The summed E-state index contributed by atoms with van der Waals surface area (Å²) in [4.78, 5) is 12.4. The van der Waals surface area contributed by atoms with E-state index in [4.69, 9.17) is 23.2 Å². The van der Waals surface area contributed by atoms with Gasteiger partial charge in [-0.3, -0.25) is 9.10 Å². The van der Waals surface area contributed by atoms with E-state index in [1.165, 1.54) is 6.21 Å². The first-order chi connectivity index (χ1) is 15.5. The van der Waals surface area contributed by atoms with Crippen LogP contribution in [0.2, 0.25) is 10.0 Å². The lowest BCUT2D eigenvalue weighted by Gasteiger charge is -2.21. The molecule has 174 valence electrons. The van der Waals surface area contributed by atoms with Gasteiger partial charge in [-0.1, -0.05) is 39.1 Å². The minimum absolute atomic E-state index is 0.380. The molecule has 7 nitrogen and oxygen atoms in total. The van der Waals surface area contributed by atoms with Gasteiger partial charge in [0.2, 0.25) is 10.0 Å². The van der Waals surface area contributed by atoms with Crippen LogP contribution in [0.5, 0.6) is 0 Å². The average Bonchev–Trinajstić information content (AvgIpc) is 3.01. The number of amides is 1. The van der Waals surface area contributed by atoms with Crippen molar-refractivity contribution in [2.45, 2.75) is 13.8 Å². The second-order valence-electron chi connectivity index (χ2n) is 7.30. The molecule has 0 aliphatic heterocycles. The van der Waals surface area contributed by atoms with Gasteiger partial charge in [-0.05, 0) is 62.4 Å². The molecule has 0 fully saturated rings. The minimum Gasteiger partial charge on any atom is -0.318 e. The summed E-state index contributed by atoms with van der Waals surface area (Å²) in [7, 11) is -3.67. The molecule has 0 spiro atoms. The SMILES string of the molecule is Cc1cc(/C=N\NC(=O)CN(c2ccc(Br)cc2)S(C)(=O)=O)c(C)n1-c1ccc(Cl)c(Cl)c1. The molecule has 0 radical (unpaired) electrons. The standard InChI is InChI=1S/C22H21BrCl2N4O3S/c1-14-10-16(15(2)29(14)19-8-9-20(24)21(25)11-19)12-26-27-22(30)13-28(33(3,31)32)18-6-4-17(23)5-7-18/h4-12H,13H2,1-3H3,(H,27,30)/b26-12-. The molecule has 0 atom stereocenters. The summed E-state index contributed by atoms with van der Waals surface area (Å²) >= 11 is 15.5. The molecule has 11 heteroatoms. The van der Waals surface area contributed by atoms with E-state index in [-0.39, 0.29) is 0 Å². The highest BCUT2D eigenvalue weighted by atomic mass is 79.9. The number of hydrogen-bond donors (Lipinski definition) is 1. The van der Waals surface area contributed by atoms with Crippen LogP contribution in [0.15, 0.2) is 58.1 Å². The number of sulfonamides is 1. The molecule has 0 aliphatic carbocycles. The first-order valence-electron chi connectivity index (χ1n) is 9.67. The Bertz CT molecular complexity index is 1320. The molecular formula is C22H21BrCl2N4O3S. The summed E-state index contributed by atoms with van der Waals surface area (Å²) in [5, 5.41) is 4.93. The lowest BCUT2D eigenvalue weighted by Crippen LogP contribution is -2.39. The number of anilines is 1. The molecule has 2 aromatic carbocycles. The molecule has 33 heavy (non-hydrogen) atoms. The van der Waals surface area contributed by atoms with Crippen LogP contribution < -0.4 is 9.73 Å². The van der Waals surface area contributed by atoms with Gasteiger partial charge < -0.3 is 4.57 Å². The maximum Gasteiger partial charge on any atom is 0.260 e. The second kappa shape index (κ2) is 10.3. The Morgan fingerprint density at radius 3 is 2.39 bits per heavy atom. The van der Waals surface area contributed by atoms with Crippen LogP contribution in [0.1, 0.15) is 17.0 Å². The Morgan fingerprint density at radius 2 is 1.79 bits per heavy atom. The maximum atomic E-state index is 12.4. The van der Waals surface area contributed by atoms with E-state index >= 15 is 0 Å². The minimum atomic E-state index is -3.67. The van der Waals surface area contributed by atoms with E-state index in [0.717, 1.165) is 37.7 Å². The van der Waals surface area contributed by atoms with Crippen molar-refractivity contribution in [2.24, 2.45) is 5.10 Å². The molecule has 0 saturated heterocycles. The Hall–Kier alpha value is -2.33. The van der Waals surface area contributed by atoms with Gasteiger partial charge in [0.05, 0.1) is 28.2 Å². The number of nitrogens with one attached hydrogen (secondary N) is 1. The highest BCUT2D eigenvalue weighted by Gasteiger charge is 2.20. The van der Waals surface area contributed by atoms with E-state index in [1.54, 1.807) is 36.4 Å². The molecule has 0 bridgehead atoms. The van der Waals surface area contributed by atoms with Gasteiger partial charge in [-0.25, -0.2) is 13.8 Å². The van der Waals surface area contributed by atoms with Crippen molar-refractivity contribution in [3.8, 4) is 5.69 Å². The number of aryl methyl sites for hydroxylation is 1. The average molecular weight is 572 g/mol. The first kappa shape index (κ1) is 25.3. The van der Waals surface area contributed by atoms with Crippen LogP contribution in [0.3, 0.4) is 0 Å². The van der Waals surface area contributed by atoms with Gasteiger partial charge in [-0.15, -0.1) is 0 Å². The van der Waals surface area contributed by atoms with Crippen molar-refractivity contribution in [3.63, 3.8) is 0 Å². The molecule has 1 aromatic heterocycles. The van der Waals surface area contributed by atoms with E-state index in [1.807, 2.05) is 30.5 Å². The van der Waals surface area contributed by atoms with Crippen LogP contribution in [-0.2, 0) is 14.8 Å². The first-order valence-corrected chi connectivity index (χ1v) is 13.1. The Labute approximate surface area is 211 Å². The Morgan fingerprint density at radius 1 is 1.12 bits per heavy atom. The van der Waals surface area contributed by atoms with Crippen molar-refractivity contribution >= 4 is 67.0 Å². The molecule has 0 aliphatic rings. The van der Waals surface area contributed by atoms with Crippen molar-refractivity contribution in [2.75, 3.05) is 17.1 Å². The molecule has 3 aromatic rings. The van der Waals surface area contributed by atoms with Crippen LogP contribution in [0, 0.1) is 13.8 Å². The number of halogens is 3. The third-order valence-corrected chi connectivity index (χ3v) is 7.23. The molecule has 1 N–H and O–H groups in total. The van der Waals surface area contributed by atoms with Gasteiger partial charge in [0.1, 0.15) is 6.54 Å². The fourth-order valence-corrected chi connectivity index (χ4v) is 4.70. The zero-order chi connectivity index (χ0) is 24.3. The molecule has 1 heterocycles. The number of hydrazone groups is 1. The predicted molar refractivity (Wildman–Crippen MR) is 137 cm³/mol. The zero-order valence-corrected chi connectivity index (χ0v) is 21.9. The number of carbonyl (C=O) groups excluding carboxylic acids is 1. The second-order valence-corrected chi connectivity index (χ2v) is 10.9. The number of nitrogens with zero attached hydrogens (tertiary/aromatic N) is 3. The van der Waals surface area contributed by atoms with E-state index in [2.05, 4.69) is 26.5 Å². The maximum absolute atomic E-state index is 12.4. The smallest absolute Gasteiger partial charge is 0.260 e. The topological polar surface area (TPSA) is 83.8 Å². The van der Waals surface area contributed by atoms with Gasteiger partial charge in [0, 0.05) is 27.1 Å². The normalized spacial score (nSPS) is 11.7. The van der Waals surface area contributed by atoms with Gasteiger partial charge in [-0.2, -0.15) is 5.10 Å². The highest BCUT2D eigenvalue weighted by Crippen LogP contribution is 2.27. The van der Waals surface area contributed by atoms with Crippen LogP contribution >= 0.6 is 39.1 Å². The lowest BCUT2D eigenvalue weighted by atomic mass is 10.2. The number of benzene rings is 2. The van der Waals surface area contributed by atoms with Crippen LogP contribution in [-0.4, -0.2) is 37.9 Å². The van der Waals surface area contributed by atoms with Crippen molar-refractivity contribution in [1.29, 1.82) is 0 Å². The number of carbonyl (C=O) groups is 1. The van der Waals surface area contributed by atoms with Crippen molar-refractivity contribution < 1.29 is 13.2 Å². The fraction of sp³-hybridized carbons (Fsp3) is 0.182. The fourth-order valence-electron chi connectivity index (χ4n) is 3.29. The highest BCUT2D eigenvalue weighted by molar-refractivity contribution is 9.10. The molecule has 0 unspecified atom stereocenters. The van der Waals surface area contributed by atoms with Crippen LogP contribution in [0.4, 0.5) is 5.69 Å². The van der Waals surface area contributed by atoms with E-state index in [9.17, 15) is 13.2 Å². The molecule has 0 saturated carbocycles. The van der Waals surface area contributed by atoms with Crippen molar-refractivity contribution in [1.82, 2.24) is 9.99 Å². The lowest BCUT2D eigenvalue weighted by molar-refractivity contribution is -0.119.